The SMILES string of the molecule is O=C1CCN(Cc2cc(=O)c(OC(=O)c3ccc([N+](=O)[O-])cc3)co2)CC1. The van der Waals surface area contributed by atoms with Crippen molar-refractivity contribution in [3.63, 3.8) is 0 Å². The van der Waals surface area contributed by atoms with Crippen LogP contribution >= 0.6 is 0 Å². The van der Waals surface area contributed by atoms with E-state index >= 15 is 0 Å². The second-order valence-corrected chi connectivity index (χ2v) is 6.08. The number of nitrogens with zero attached hydrogens (tertiary/aromatic N) is 2. The molecular weight excluding hydrogens is 356 g/mol. The fourth-order valence-corrected chi connectivity index (χ4v) is 2.65. The highest BCUT2D eigenvalue weighted by atomic mass is 16.6. The van der Waals surface area contributed by atoms with Gasteiger partial charge in [0.1, 0.15) is 17.8 Å². The Bertz CT molecular complexity index is 923. The van der Waals surface area contributed by atoms with Crippen LogP contribution in [-0.4, -0.2) is 34.7 Å². The molecule has 3 rings (SSSR count). The number of non-ortho nitro benzene ring substituents is 1. The number of hydrogen-bond donors (Lipinski definition) is 0. The van der Waals surface area contributed by atoms with E-state index in [1.807, 2.05) is 4.90 Å². The van der Waals surface area contributed by atoms with Crippen LogP contribution in [0.2, 0.25) is 0 Å². The van der Waals surface area contributed by atoms with Crippen molar-refractivity contribution in [3.8, 4) is 5.75 Å². The van der Waals surface area contributed by atoms with Gasteiger partial charge in [-0.1, -0.05) is 0 Å². The standard InChI is InChI=1S/C18H16N2O7/c21-14-5-7-19(8-6-14)10-15-9-16(22)17(11-26-15)27-18(23)12-1-3-13(4-2-12)20(24)25/h1-4,9,11H,5-8,10H2. The number of esters is 1. The normalized spacial score (nSPS) is 14.7. The first-order valence-electron chi connectivity index (χ1n) is 8.25. The highest BCUT2D eigenvalue weighted by molar-refractivity contribution is 5.91. The van der Waals surface area contributed by atoms with Gasteiger partial charge in [-0.05, 0) is 12.1 Å². The minimum Gasteiger partial charge on any atom is -0.464 e. The summed E-state index contributed by atoms with van der Waals surface area (Å²) in [5.41, 5.74) is -0.600. The summed E-state index contributed by atoms with van der Waals surface area (Å²) in [6, 6.07) is 6.08. The van der Waals surface area contributed by atoms with E-state index in [1.54, 1.807) is 0 Å². The smallest absolute Gasteiger partial charge is 0.343 e. The van der Waals surface area contributed by atoms with Crippen LogP contribution in [0.25, 0.3) is 0 Å². The van der Waals surface area contributed by atoms with Crippen LogP contribution in [0.15, 0.2) is 45.8 Å². The van der Waals surface area contributed by atoms with Crippen molar-refractivity contribution in [2.75, 3.05) is 13.1 Å². The van der Waals surface area contributed by atoms with Crippen molar-refractivity contribution < 1.29 is 23.7 Å². The van der Waals surface area contributed by atoms with Crippen LogP contribution in [0.5, 0.6) is 5.75 Å². The van der Waals surface area contributed by atoms with Gasteiger partial charge < -0.3 is 9.15 Å². The van der Waals surface area contributed by atoms with E-state index in [0.29, 0.717) is 38.2 Å². The topological polar surface area (TPSA) is 120 Å². The van der Waals surface area contributed by atoms with Crippen molar-refractivity contribution in [2.45, 2.75) is 19.4 Å². The number of benzene rings is 1. The molecule has 9 heteroatoms. The van der Waals surface area contributed by atoms with Crippen LogP contribution in [0.1, 0.15) is 29.0 Å². The minimum atomic E-state index is -0.820. The van der Waals surface area contributed by atoms with Crippen LogP contribution in [0, 0.1) is 10.1 Å². The third-order valence-electron chi connectivity index (χ3n) is 4.16. The Labute approximate surface area is 153 Å². The average molecular weight is 372 g/mol. The number of ether oxygens (including phenoxy) is 1. The van der Waals surface area contributed by atoms with Gasteiger partial charge in [-0.25, -0.2) is 4.79 Å². The zero-order valence-electron chi connectivity index (χ0n) is 14.3. The molecule has 0 atom stereocenters. The molecule has 0 N–H and O–H groups in total. The molecule has 9 nitrogen and oxygen atoms in total. The van der Waals surface area contributed by atoms with Gasteiger partial charge in [0.25, 0.3) is 5.69 Å². The van der Waals surface area contributed by atoms with E-state index in [0.717, 1.165) is 6.26 Å². The number of likely N-dealkylation sites (tertiary alicyclic amines) is 1. The maximum absolute atomic E-state index is 12.1. The van der Waals surface area contributed by atoms with E-state index in [4.69, 9.17) is 9.15 Å². The van der Waals surface area contributed by atoms with Gasteiger partial charge in [-0.2, -0.15) is 0 Å². The van der Waals surface area contributed by atoms with Crippen molar-refractivity contribution in [1.29, 1.82) is 0 Å². The highest BCUT2D eigenvalue weighted by Gasteiger charge is 2.18. The van der Waals surface area contributed by atoms with Crippen molar-refractivity contribution in [1.82, 2.24) is 4.90 Å². The van der Waals surface area contributed by atoms with E-state index in [-0.39, 0.29) is 22.8 Å². The molecule has 0 saturated carbocycles. The molecule has 0 spiro atoms. The first-order chi connectivity index (χ1) is 12.9. The predicted molar refractivity (Wildman–Crippen MR) is 92.6 cm³/mol. The molecule has 0 aliphatic carbocycles. The molecule has 1 aromatic heterocycles. The number of rotatable bonds is 5. The molecule has 1 saturated heterocycles. The largest absolute Gasteiger partial charge is 0.464 e. The Morgan fingerprint density at radius 2 is 1.85 bits per heavy atom. The maximum atomic E-state index is 12.1. The predicted octanol–water partition coefficient (Wildman–Crippen LogP) is 1.93. The van der Waals surface area contributed by atoms with Gasteiger partial charge in [0.2, 0.25) is 11.2 Å². The third-order valence-corrected chi connectivity index (χ3v) is 4.16. The van der Waals surface area contributed by atoms with E-state index in [2.05, 4.69) is 0 Å². The molecule has 2 heterocycles. The molecule has 0 radical (unpaired) electrons. The van der Waals surface area contributed by atoms with E-state index in [9.17, 15) is 24.5 Å². The summed E-state index contributed by atoms with van der Waals surface area (Å²) >= 11 is 0. The van der Waals surface area contributed by atoms with Gasteiger partial charge in [0, 0.05) is 44.1 Å². The number of carbonyl (C=O) groups is 2. The summed E-state index contributed by atoms with van der Waals surface area (Å²) in [6.45, 7) is 1.61. The molecule has 1 aromatic carbocycles. The molecule has 140 valence electrons. The highest BCUT2D eigenvalue weighted by Crippen LogP contribution is 2.15. The van der Waals surface area contributed by atoms with Crippen LogP contribution in [-0.2, 0) is 11.3 Å². The second kappa shape index (κ2) is 7.92. The van der Waals surface area contributed by atoms with Crippen molar-refractivity contribution >= 4 is 17.4 Å². The van der Waals surface area contributed by atoms with E-state index < -0.39 is 16.3 Å². The lowest BCUT2D eigenvalue weighted by atomic mass is 10.1. The van der Waals surface area contributed by atoms with Gasteiger partial charge in [0.05, 0.1) is 17.0 Å². The lowest BCUT2D eigenvalue weighted by molar-refractivity contribution is -0.384. The summed E-state index contributed by atoms with van der Waals surface area (Å²) < 4.78 is 10.4. The van der Waals surface area contributed by atoms with Gasteiger partial charge in [0.15, 0.2) is 0 Å². The Hall–Kier alpha value is -3.33. The Morgan fingerprint density at radius 3 is 2.44 bits per heavy atom. The lowest BCUT2D eigenvalue weighted by Crippen LogP contribution is -2.33. The number of Topliss-reactive ketones (excluding diaryl/α,β-unsaturated/α-hetero) is 1. The molecule has 1 aliphatic heterocycles. The molecule has 27 heavy (non-hydrogen) atoms. The van der Waals surface area contributed by atoms with Crippen molar-refractivity contribution in [3.05, 3.63) is 68.3 Å². The first-order valence-corrected chi connectivity index (χ1v) is 8.25. The van der Waals surface area contributed by atoms with Crippen molar-refractivity contribution in [2.24, 2.45) is 0 Å². The number of carbonyl (C=O) groups excluding carboxylic acids is 2. The van der Waals surface area contributed by atoms with Crippen LogP contribution in [0.3, 0.4) is 0 Å². The number of nitro benzene ring substituents is 1. The number of ketones is 1. The summed E-state index contributed by atoms with van der Waals surface area (Å²) in [5, 5.41) is 10.6. The molecule has 2 aromatic rings. The molecule has 0 bridgehead atoms. The third kappa shape index (κ3) is 4.64. The fourth-order valence-electron chi connectivity index (χ4n) is 2.65. The monoisotopic (exact) mass is 372 g/mol. The van der Waals surface area contributed by atoms with E-state index in [1.165, 1.54) is 30.3 Å². The average Bonchev–Trinajstić information content (AvgIpc) is 2.66. The summed E-state index contributed by atoms with van der Waals surface area (Å²) in [7, 11) is 0. The summed E-state index contributed by atoms with van der Waals surface area (Å²) in [5.74, 6) is -0.457. The maximum Gasteiger partial charge on any atom is 0.343 e. The Morgan fingerprint density at radius 1 is 1.19 bits per heavy atom. The van der Waals surface area contributed by atoms with Gasteiger partial charge >= 0.3 is 5.97 Å². The zero-order chi connectivity index (χ0) is 19.4. The first kappa shape index (κ1) is 18.5. The van der Waals surface area contributed by atoms with Crippen LogP contribution in [0.4, 0.5) is 5.69 Å². The molecule has 0 amide bonds. The lowest BCUT2D eigenvalue weighted by Gasteiger charge is -2.24. The molecular formula is C18H16N2O7. The summed E-state index contributed by atoms with van der Waals surface area (Å²) in [6.07, 6.45) is 2.03. The Balaban J connectivity index is 1.65. The zero-order valence-corrected chi connectivity index (χ0v) is 14.3. The molecule has 1 fully saturated rings. The van der Waals surface area contributed by atoms with Gasteiger partial charge in [-0.3, -0.25) is 24.6 Å². The second-order valence-electron chi connectivity index (χ2n) is 6.08. The quantitative estimate of drug-likeness (QED) is 0.443. The number of nitro groups is 1. The molecule has 1 aliphatic rings. The fraction of sp³-hybridized carbons (Fsp3) is 0.278. The Kier molecular flexibility index (Phi) is 5.41. The number of piperidine rings is 1. The van der Waals surface area contributed by atoms with Gasteiger partial charge in [-0.15, -0.1) is 0 Å². The number of hydrogen-bond acceptors (Lipinski definition) is 8. The minimum absolute atomic E-state index is 0.0714. The van der Waals surface area contributed by atoms with Crippen LogP contribution < -0.4 is 10.2 Å². The summed E-state index contributed by atoms with van der Waals surface area (Å²) in [4.78, 5) is 47.5. The molecule has 0 unspecified atom stereocenters.